The summed E-state index contributed by atoms with van der Waals surface area (Å²) >= 11 is 0. The van der Waals surface area contributed by atoms with Crippen LogP contribution >= 0.6 is 24.8 Å². The van der Waals surface area contributed by atoms with E-state index in [4.69, 9.17) is 9.47 Å². The molecule has 0 aliphatic carbocycles. The van der Waals surface area contributed by atoms with Crippen LogP contribution in [0.15, 0.2) is 24.3 Å². The zero-order valence-corrected chi connectivity index (χ0v) is 18.2. The second-order valence-corrected chi connectivity index (χ2v) is 6.27. The van der Waals surface area contributed by atoms with E-state index in [1.165, 1.54) is 0 Å². The van der Waals surface area contributed by atoms with E-state index in [0.717, 1.165) is 24.4 Å². The lowest BCUT2D eigenvalue weighted by atomic mass is 10.0. The second kappa shape index (κ2) is 13.2. The number of ether oxygens (including phenoxy) is 2. The Balaban J connectivity index is 0.00000338. The number of morpholine rings is 1. The van der Waals surface area contributed by atoms with Crippen LogP contribution in [0.1, 0.15) is 32.4 Å². The zero-order chi connectivity index (χ0) is 18.2. The third-order valence-corrected chi connectivity index (χ3v) is 4.80. The van der Waals surface area contributed by atoms with Gasteiger partial charge >= 0.3 is 0 Å². The fourth-order valence-corrected chi connectivity index (χ4v) is 3.31. The van der Waals surface area contributed by atoms with Crippen molar-refractivity contribution in [3.05, 3.63) is 29.8 Å². The number of hydrogen-bond acceptors (Lipinski definition) is 5. The van der Waals surface area contributed by atoms with Crippen LogP contribution in [0.3, 0.4) is 0 Å². The molecule has 0 bridgehead atoms. The van der Waals surface area contributed by atoms with Crippen LogP contribution in [0.25, 0.3) is 0 Å². The van der Waals surface area contributed by atoms with Gasteiger partial charge in [0, 0.05) is 13.1 Å². The molecule has 8 heteroatoms. The summed E-state index contributed by atoms with van der Waals surface area (Å²) in [5.41, 5.74) is 1.14. The molecular weight excluding hydrogens is 389 g/mol. The van der Waals surface area contributed by atoms with Crippen molar-refractivity contribution < 1.29 is 14.3 Å². The van der Waals surface area contributed by atoms with Gasteiger partial charge in [-0.2, -0.15) is 0 Å². The number of carbonyl (C=O) groups excluding carboxylic acids is 1. The molecule has 0 aromatic heterocycles. The Hall–Kier alpha value is -1.05. The van der Waals surface area contributed by atoms with Crippen LogP contribution in [-0.4, -0.2) is 62.8 Å². The molecule has 1 aromatic rings. The van der Waals surface area contributed by atoms with Crippen molar-refractivity contribution in [1.29, 1.82) is 0 Å². The van der Waals surface area contributed by atoms with Crippen LogP contribution in [0.5, 0.6) is 5.75 Å². The summed E-state index contributed by atoms with van der Waals surface area (Å²) in [7, 11) is 1.67. The van der Waals surface area contributed by atoms with Gasteiger partial charge < -0.3 is 20.1 Å². The number of carbonyl (C=O) groups is 1. The zero-order valence-electron chi connectivity index (χ0n) is 16.6. The van der Waals surface area contributed by atoms with Crippen molar-refractivity contribution in [2.24, 2.45) is 0 Å². The lowest BCUT2D eigenvalue weighted by Crippen LogP contribution is -2.56. The SMILES string of the molecule is CCN(CC)C(CNC(=O)[C@H]1NCCO[C@@H]1C)c1cccc(OC)c1.Cl.Cl. The largest absolute Gasteiger partial charge is 0.497 e. The predicted octanol–water partition coefficient (Wildman–Crippen LogP) is 2.41. The minimum Gasteiger partial charge on any atom is -0.497 e. The quantitative estimate of drug-likeness (QED) is 0.674. The van der Waals surface area contributed by atoms with Gasteiger partial charge in [0.05, 0.1) is 25.9 Å². The van der Waals surface area contributed by atoms with Crippen LogP contribution < -0.4 is 15.4 Å². The third kappa shape index (κ3) is 7.12. The number of methoxy groups -OCH3 is 1. The molecule has 6 nitrogen and oxygen atoms in total. The van der Waals surface area contributed by atoms with Crippen LogP contribution in [-0.2, 0) is 9.53 Å². The Morgan fingerprint density at radius 2 is 2.07 bits per heavy atom. The first kappa shape index (κ1) is 26.0. The summed E-state index contributed by atoms with van der Waals surface area (Å²) in [5, 5.41) is 6.34. The Kier molecular flexibility index (Phi) is 12.7. The van der Waals surface area contributed by atoms with Gasteiger partial charge in [0.2, 0.25) is 5.91 Å². The van der Waals surface area contributed by atoms with E-state index in [2.05, 4.69) is 35.4 Å². The molecule has 1 saturated heterocycles. The van der Waals surface area contributed by atoms with Gasteiger partial charge in [-0.05, 0) is 37.7 Å². The average molecular weight is 422 g/mol. The van der Waals surface area contributed by atoms with Gasteiger partial charge in [0.25, 0.3) is 0 Å². The number of nitrogens with zero attached hydrogens (tertiary/aromatic N) is 1. The van der Waals surface area contributed by atoms with Gasteiger partial charge in [-0.15, -0.1) is 24.8 Å². The summed E-state index contributed by atoms with van der Waals surface area (Å²) in [5.74, 6) is 0.823. The fourth-order valence-electron chi connectivity index (χ4n) is 3.31. The van der Waals surface area contributed by atoms with E-state index in [9.17, 15) is 4.79 Å². The smallest absolute Gasteiger partial charge is 0.239 e. The number of likely N-dealkylation sites (N-methyl/N-ethyl adjacent to an activating group) is 1. The number of benzene rings is 1. The normalized spacial score (nSPS) is 20.2. The molecule has 1 aliphatic rings. The molecule has 2 N–H and O–H groups in total. The van der Waals surface area contributed by atoms with Gasteiger partial charge in [0.1, 0.15) is 11.8 Å². The standard InChI is InChI=1S/C19H31N3O3.2ClH/c1-5-22(6-2)17(15-8-7-9-16(12-15)24-4)13-21-19(23)18-14(3)25-11-10-20-18;;/h7-9,12,14,17-18,20H,5-6,10-11,13H2,1-4H3,(H,21,23);2*1H/t14-,17?,18+;;/m1../s1. The summed E-state index contributed by atoms with van der Waals surface area (Å²) < 4.78 is 10.9. The van der Waals surface area contributed by atoms with E-state index >= 15 is 0 Å². The van der Waals surface area contributed by atoms with E-state index < -0.39 is 0 Å². The van der Waals surface area contributed by atoms with Crippen LogP contribution in [0, 0.1) is 0 Å². The molecule has 2 rings (SSSR count). The van der Waals surface area contributed by atoms with Gasteiger partial charge in [0.15, 0.2) is 0 Å². The molecule has 1 aromatic carbocycles. The number of hydrogen-bond donors (Lipinski definition) is 2. The Morgan fingerprint density at radius 1 is 1.37 bits per heavy atom. The molecule has 0 spiro atoms. The molecule has 0 radical (unpaired) electrons. The van der Waals surface area contributed by atoms with E-state index in [1.807, 2.05) is 25.1 Å². The van der Waals surface area contributed by atoms with Crippen molar-refractivity contribution in [3.8, 4) is 5.75 Å². The number of amides is 1. The Morgan fingerprint density at radius 3 is 2.67 bits per heavy atom. The van der Waals surface area contributed by atoms with Crippen LogP contribution in [0.4, 0.5) is 0 Å². The van der Waals surface area contributed by atoms with Crippen molar-refractivity contribution in [3.63, 3.8) is 0 Å². The summed E-state index contributed by atoms with van der Waals surface area (Å²) in [6, 6.07) is 7.87. The highest BCUT2D eigenvalue weighted by Gasteiger charge is 2.29. The maximum atomic E-state index is 12.6. The molecular formula is C19H33Cl2N3O3. The third-order valence-electron chi connectivity index (χ3n) is 4.80. The summed E-state index contributed by atoms with van der Waals surface area (Å²) in [4.78, 5) is 14.9. The Labute approximate surface area is 175 Å². The monoisotopic (exact) mass is 421 g/mol. The highest BCUT2D eigenvalue weighted by atomic mass is 35.5. The lowest BCUT2D eigenvalue weighted by Gasteiger charge is -2.33. The van der Waals surface area contributed by atoms with Gasteiger partial charge in [-0.25, -0.2) is 0 Å². The molecule has 27 heavy (non-hydrogen) atoms. The van der Waals surface area contributed by atoms with Crippen molar-refractivity contribution in [2.75, 3.05) is 39.9 Å². The topological polar surface area (TPSA) is 62.8 Å². The maximum Gasteiger partial charge on any atom is 0.239 e. The Bertz CT molecular complexity index is 559. The second-order valence-electron chi connectivity index (χ2n) is 6.27. The molecule has 1 heterocycles. The maximum absolute atomic E-state index is 12.6. The first-order valence-electron chi connectivity index (χ1n) is 9.11. The predicted molar refractivity (Wildman–Crippen MR) is 113 cm³/mol. The molecule has 1 fully saturated rings. The highest BCUT2D eigenvalue weighted by Crippen LogP contribution is 2.24. The first-order valence-corrected chi connectivity index (χ1v) is 9.11. The van der Waals surface area contributed by atoms with Crippen molar-refractivity contribution >= 4 is 30.7 Å². The number of rotatable bonds is 8. The lowest BCUT2D eigenvalue weighted by molar-refractivity contribution is -0.129. The molecule has 156 valence electrons. The van der Waals surface area contributed by atoms with Crippen molar-refractivity contribution in [1.82, 2.24) is 15.5 Å². The first-order chi connectivity index (χ1) is 12.1. The summed E-state index contributed by atoms with van der Waals surface area (Å²) in [6.07, 6.45) is -0.113. The highest BCUT2D eigenvalue weighted by molar-refractivity contribution is 5.85. The summed E-state index contributed by atoms with van der Waals surface area (Å²) in [6.45, 7) is 9.94. The molecule has 0 saturated carbocycles. The van der Waals surface area contributed by atoms with Crippen molar-refractivity contribution in [2.45, 2.75) is 39.0 Å². The molecule has 3 atom stereocenters. The molecule has 1 unspecified atom stereocenters. The number of halogens is 2. The van der Waals surface area contributed by atoms with Crippen LogP contribution in [0.2, 0.25) is 0 Å². The minimum atomic E-state index is -0.295. The van der Waals surface area contributed by atoms with E-state index in [1.54, 1.807) is 7.11 Å². The minimum absolute atomic E-state index is 0. The molecule has 1 amide bonds. The van der Waals surface area contributed by atoms with E-state index in [0.29, 0.717) is 19.7 Å². The average Bonchev–Trinajstić information content (AvgIpc) is 2.65. The molecule has 1 aliphatic heterocycles. The van der Waals surface area contributed by atoms with Gasteiger partial charge in [-0.1, -0.05) is 26.0 Å². The number of nitrogens with one attached hydrogen (secondary N) is 2. The fraction of sp³-hybridized carbons (Fsp3) is 0.632. The van der Waals surface area contributed by atoms with E-state index in [-0.39, 0.29) is 48.9 Å². The van der Waals surface area contributed by atoms with Gasteiger partial charge in [-0.3, -0.25) is 9.69 Å².